The lowest BCUT2D eigenvalue weighted by molar-refractivity contribution is 0.568. The molecule has 0 fully saturated rings. The number of hydrogen-bond acceptors (Lipinski definition) is 3. The van der Waals surface area contributed by atoms with E-state index in [0.717, 1.165) is 60.9 Å². The van der Waals surface area contributed by atoms with Crippen LogP contribution in [0.5, 0.6) is 0 Å². The molecular formula is C61H61N5. The summed E-state index contributed by atoms with van der Waals surface area (Å²) in [5, 5.41) is 4.62. The van der Waals surface area contributed by atoms with Crippen LogP contribution in [0.25, 0.3) is 89.2 Å². The topological polar surface area (TPSA) is 48.5 Å². The van der Waals surface area contributed by atoms with Gasteiger partial charge >= 0.3 is 0 Å². The maximum absolute atomic E-state index is 5.71. The summed E-state index contributed by atoms with van der Waals surface area (Å²) in [6, 6.07) is 55.5. The number of para-hydroxylation sites is 4. The van der Waals surface area contributed by atoms with Crippen molar-refractivity contribution in [1.82, 2.24) is 24.1 Å². The molecule has 0 N–H and O–H groups in total. The molecule has 10 rings (SSSR count). The molecule has 3 heterocycles. The van der Waals surface area contributed by atoms with Crippen molar-refractivity contribution in [2.45, 2.75) is 105 Å². The fourth-order valence-corrected chi connectivity index (χ4v) is 9.49. The number of benzene rings is 7. The second kappa shape index (κ2) is 15.4. The zero-order valence-electron chi connectivity index (χ0n) is 40.7. The Morgan fingerprint density at radius 3 is 1.15 bits per heavy atom. The van der Waals surface area contributed by atoms with Gasteiger partial charge in [0.05, 0.1) is 33.3 Å². The lowest BCUT2D eigenvalue weighted by Crippen LogP contribution is -2.17. The molecule has 0 saturated carbocycles. The van der Waals surface area contributed by atoms with E-state index in [1.807, 2.05) is 0 Å². The van der Waals surface area contributed by atoms with E-state index in [0.29, 0.717) is 17.5 Å². The first-order valence-corrected chi connectivity index (χ1v) is 23.5. The van der Waals surface area contributed by atoms with Gasteiger partial charge in [0.25, 0.3) is 0 Å². The second-order valence-electron chi connectivity index (χ2n) is 22.3. The molecule has 0 spiro atoms. The summed E-state index contributed by atoms with van der Waals surface area (Å²) in [4.78, 5) is 17.0. The molecule has 0 aliphatic rings. The van der Waals surface area contributed by atoms with Crippen molar-refractivity contribution in [1.29, 1.82) is 0 Å². The number of fused-ring (bicyclic) bond motifs is 6. The van der Waals surface area contributed by atoms with Gasteiger partial charge in [0, 0.05) is 38.4 Å². The Morgan fingerprint density at radius 2 is 0.712 bits per heavy atom. The summed E-state index contributed by atoms with van der Waals surface area (Å²) in [6.45, 7) is 27.5. The van der Waals surface area contributed by atoms with E-state index in [-0.39, 0.29) is 21.7 Å². The summed E-state index contributed by atoms with van der Waals surface area (Å²) in [6.07, 6.45) is 0. The van der Waals surface area contributed by atoms with E-state index in [1.165, 1.54) is 33.0 Å². The van der Waals surface area contributed by atoms with Crippen LogP contribution in [-0.2, 0) is 21.7 Å². The first-order chi connectivity index (χ1) is 31.3. The molecule has 330 valence electrons. The minimum absolute atomic E-state index is 0.105. The molecule has 0 bridgehead atoms. The predicted octanol–water partition coefficient (Wildman–Crippen LogP) is 16.3. The summed E-state index contributed by atoms with van der Waals surface area (Å²) >= 11 is 0. The molecule has 0 aliphatic carbocycles. The zero-order valence-corrected chi connectivity index (χ0v) is 40.7. The largest absolute Gasteiger partial charge is 0.309 e. The van der Waals surface area contributed by atoms with Crippen LogP contribution in [0.1, 0.15) is 105 Å². The van der Waals surface area contributed by atoms with Crippen LogP contribution in [0.3, 0.4) is 0 Å². The fraction of sp³-hybridized carbons (Fsp3) is 0.262. The molecule has 66 heavy (non-hydrogen) atoms. The number of nitrogens with zero attached hydrogens (tertiary/aromatic N) is 5. The van der Waals surface area contributed by atoms with Gasteiger partial charge in [-0.25, -0.2) is 15.0 Å². The van der Waals surface area contributed by atoms with Gasteiger partial charge in [-0.05, 0) is 111 Å². The Labute approximate surface area is 390 Å². The third-order valence-corrected chi connectivity index (χ3v) is 13.4. The molecule has 7 aromatic carbocycles. The van der Waals surface area contributed by atoms with Crippen LogP contribution in [0.2, 0.25) is 0 Å². The highest BCUT2D eigenvalue weighted by molar-refractivity contribution is 6.18. The van der Waals surface area contributed by atoms with Crippen LogP contribution in [0, 0.1) is 0 Å². The maximum atomic E-state index is 5.71. The van der Waals surface area contributed by atoms with Gasteiger partial charge in [0.2, 0.25) is 0 Å². The van der Waals surface area contributed by atoms with Crippen LogP contribution < -0.4 is 0 Å². The highest BCUT2D eigenvalue weighted by Crippen LogP contribution is 2.45. The molecule has 3 aromatic heterocycles. The smallest absolute Gasteiger partial charge is 0.166 e. The Balaban J connectivity index is 1.41. The third-order valence-electron chi connectivity index (χ3n) is 13.4. The Hall–Kier alpha value is -6.85. The van der Waals surface area contributed by atoms with E-state index in [1.54, 1.807) is 0 Å². The average Bonchev–Trinajstić information content (AvgIpc) is 3.80. The SMILES string of the molecule is CC(C)(C)c1cc(-c2nc(-c3cc(C(C)(C)C)cc(C(C)(C)C)c3)nc(-c3c(-n4c5ccccc5c5ccccc54)ccc4c3c3ccccc3n4-c3ccccc3)n2)cc(C(C)(C)C)c1. The first kappa shape index (κ1) is 43.1. The van der Waals surface area contributed by atoms with E-state index in [4.69, 9.17) is 15.0 Å². The van der Waals surface area contributed by atoms with Crippen molar-refractivity contribution in [3.8, 4) is 45.5 Å². The van der Waals surface area contributed by atoms with Gasteiger partial charge in [-0.2, -0.15) is 0 Å². The van der Waals surface area contributed by atoms with Crippen molar-refractivity contribution >= 4 is 43.6 Å². The summed E-state index contributed by atoms with van der Waals surface area (Å²) in [5.41, 5.74) is 14.1. The molecule has 5 heteroatoms. The minimum Gasteiger partial charge on any atom is -0.309 e. The van der Waals surface area contributed by atoms with Crippen molar-refractivity contribution in [3.05, 3.63) is 174 Å². The monoisotopic (exact) mass is 863 g/mol. The quantitative estimate of drug-likeness (QED) is 0.173. The molecule has 5 nitrogen and oxygen atoms in total. The molecule has 0 radical (unpaired) electrons. The molecule has 0 amide bonds. The highest BCUT2D eigenvalue weighted by atomic mass is 15.1. The molecule has 0 saturated heterocycles. The zero-order chi connectivity index (χ0) is 46.5. The van der Waals surface area contributed by atoms with Crippen LogP contribution in [0.4, 0.5) is 0 Å². The standard InChI is InChI=1S/C61H61N5/c1-58(2,3)40-32-38(33-41(36-40)59(4,5)6)55-62-56(39-34-42(60(7,8)9)37-43(35-39)61(10,11)12)64-57(63-55)54-52(66-48-27-19-16-24-45(48)46-25-17-20-28-49(46)66)31-30-51-53(54)47-26-18-21-29-50(47)65(51)44-22-14-13-15-23-44/h13-37H,1-12H3. The van der Waals surface area contributed by atoms with Gasteiger partial charge in [-0.15, -0.1) is 0 Å². The number of hydrogen-bond donors (Lipinski definition) is 0. The van der Waals surface area contributed by atoms with Crippen molar-refractivity contribution in [2.24, 2.45) is 0 Å². The molecule has 10 aromatic rings. The lowest BCUT2D eigenvalue weighted by atomic mass is 9.79. The van der Waals surface area contributed by atoms with Crippen LogP contribution >= 0.6 is 0 Å². The number of aromatic nitrogens is 5. The lowest BCUT2D eigenvalue weighted by Gasteiger charge is -2.26. The molecule has 0 aliphatic heterocycles. The Bertz CT molecular complexity index is 3290. The van der Waals surface area contributed by atoms with E-state index in [9.17, 15) is 0 Å². The van der Waals surface area contributed by atoms with Gasteiger partial charge < -0.3 is 9.13 Å². The van der Waals surface area contributed by atoms with Gasteiger partial charge in [-0.1, -0.05) is 168 Å². The highest BCUT2D eigenvalue weighted by Gasteiger charge is 2.28. The Morgan fingerprint density at radius 1 is 0.333 bits per heavy atom. The first-order valence-electron chi connectivity index (χ1n) is 23.5. The van der Waals surface area contributed by atoms with Crippen molar-refractivity contribution in [3.63, 3.8) is 0 Å². The summed E-state index contributed by atoms with van der Waals surface area (Å²) in [5.74, 6) is 1.94. The van der Waals surface area contributed by atoms with E-state index >= 15 is 0 Å². The van der Waals surface area contributed by atoms with Crippen molar-refractivity contribution in [2.75, 3.05) is 0 Å². The third kappa shape index (κ3) is 7.49. The molecule has 0 atom stereocenters. The van der Waals surface area contributed by atoms with E-state index < -0.39 is 0 Å². The fourth-order valence-electron chi connectivity index (χ4n) is 9.49. The van der Waals surface area contributed by atoms with Crippen molar-refractivity contribution < 1.29 is 0 Å². The minimum atomic E-state index is -0.105. The second-order valence-corrected chi connectivity index (χ2v) is 22.3. The molecule has 0 unspecified atom stereocenters. The summed E-state index contributed by atoms with van der Waals surface area (Å²) < 4.78 is 4.81. The summed E-state index contributed by atoms with van der Waals surface area (Å²) in [7, 11) is 0. The van der Waals surface area contributed by atoms with Gasteiger partial charge in [0.15, 0.2) is 17.5 Å². The number of rotatable bonds is 5. The Kier molecular flexibility index (Phi) is 10.0. The molecular weight excluding hydrogens is 803 g/mol. The van der Waals surface area contributed by atoms with Gasteiger partial charge in [0.1, 0.15) is 0 Å². The maximum Gasteiger partial charge on any atom is 0.166 e. The van der Waals surface area contributed by atoms with Crippen LogP contribution in [-0.4, -0.2) is 24.1 Å². The average molecular weight is 864 g/mol. The van der Waals surface area contributed by atoms with Crippen LogP contribution in [0.15, 0.2) is 152 Å². The normalized spacial score (nSPS) is 12.8. The predicted molar refractivity (Wildman–Crippen MR) is 280 cm³/mol. The van der Waals surface area contributed by atoms with Gasteiger partial charge in [-0.3, -0.25) is 0 Å². The van der Waals surface area contributed by atoms with E-state index in [2.05, 4.69) is 244 Å².